The molecule has 0 heterocycles. The number of benzene rings is 1. The van der Waals surface area contributed by atoms with Crippen molar-refractivity contribution >= 4 is 23.0 Å². The Labute approximate surface area is 89.5 Å². The third kappa shape index (κ3) is 2.60. The maximum atomic E-state index is 5.20. The zero-order chi connectivity index (χ0) is 10.6. The zero-order valence-corrected chi connectivity index (χ0v) is 9.37. The van der Waals surface area contributed by atoms with Crippen LogP contribution in [0.2, 0.25) is 0 Å². The van der Waals surface area contributed by atoms with Crippen molar-refractivity contribution in [2.45, 2.75) is 6.92 Å². The highest BCUT2D eigenvalue weighted by atomic mass is 32.1. The Morgan fingerprint density at radius 1 is 1.43 bits per heavy atom. The first kappa shape index (κ1) is 10.8. The van der Waals surface area contributed by atoms with Crippen LogP contribution < -0.4 is 15.4 Å². The second kappa shape index (κ2) is 4.81. The highest BCUT2D eigenvalue weighted by Crippen LogP contribution is 2.24. The van der Waals surface area contributed by atoms with Crippen LogP contribution in [0.4, 0.5) is 5.69 Å². The summed E-state index contributed by atoms with van der Waals surface area (Å²) < 4.78 is 5.20. The average Bonchev–Trinajstić information content (AvgIpc) is 2.18. The largest absolute Gasteiger partial charge is 0.495 e. The maximum absolute atomic E-state index is 5.20. The van der Waals surface area contributed by atoms with E-state index in [2.05, 4.69) is 10.6 Å². The third-order valence-corrected chi connectivity index (χ3v) is 2.14. The minimum atomic E-state index is 0.578. The van der Waals surface area contributed by atoms with Gasteiger partial charge in [-0.1, -0.05) is 6.07 Å². The fraction of sp³-hybridized carbons (Fsp3) is 0.300. The molecule has 0 amide bonds. The second-order valence-electron chi connectivity index (χ2n) is 2.91. The van der Waals surface area contributed by atoms with Crippen LogP contribution in [-0.2, 0) is 0 Å². The van der Waals surface area contributed by atoms with E-state index in [1.807, 2.05) is 25.1 Å². The summed E-state index contributed by atoms with van der Waals surface area (Å²) in [7, 11) is 3.41. The first-order valence-corrected chi connectivity index (χ1v) is 4.71. The minimum Gasteiger partial charge on any atom is -0.495 e. The van der Waals surface area contributed by atoms with E-state index in [-0.39, 0.29) is 0 Å². The molecule has 4 heteroatoms. The molecule has 0 saturated heterocycles. The van der Waals surface area contributed by atoms with Gasteiger partial charge >= 0.3 is 0 Å². The lowest BCUT2D eigenvalue weighted by atomic mass is 10.2. The summed E-state index contributed by atoms with van der Waals surface area (Å²) >= 11 is 5.01. The minimum absolute atomic E-state index is 0.578. The topological polar surface area (TPSA) is 33.3 Å². The monoisotopic (exact) mass is 210 g/mol. The van der Waals surface area contributed by atoms with Crippen molar-refractivity contribution in [3.63, 3.8) is 0 Å². The lowest BCUT2D eigenvalue weighted by molar-refractivity contribution is 0.417. The van der Waals surface area contributed by atoms with E-state index in [4.69, 9.17) is 17.0 Å². The number of ether oxygens (including phenoxy) is 1. The summed E-state index contributed by atoms with van der Waals surface area (Å²) in [6, 6.07) is 5.89. The molecule has 0 spiro atoms. The number of hydrogen-bond donors (Lipinski definition) is 2. The van der Waals surface area contributed by atoms with E-state index in [0.29, 0.717) is 5.11 Å². The van der Waals surface area contributed by atoms with Crippen molar-refractivity contribution in [2.75, 3.05) is 19.5 Å². The van der Waals surface area contributed by atoms with E-state index in [9.17, 15) is 0 Å². The predicted molar refractivity (Wildman–Crippen MR) is 63.0 cm³/mol. The fourth-order valence-corrected chi connectivity index (χ4v) is 1.21. The van der Waals surface area contributed by atoms with Gasteiger partial charge in [0.25, 0.3) is 0 Å². The lowest BCUT2D eigenvalue weighted by Gasteiger charge is -2.11. The van der Waals surface area contributed by atoms with Gasteiger partial charge in [-0.05, 0) is 36.8 Å². The maximum Gasteiger partial charge on any atom is 0.170 e. The zero-order valence-electron chi connectivity index (χ0n) is 8.55. The molecular weight excluding hydrogens is 196 g/mol. The molecule has 14 heavy (non-hydrogen) atoms. The fourth-order valence-electron chi connectivity index (χ4n) is 1.10. The summed E-state index contributed by atoms with van der Waals surface area (Å²) in [6.45, 7) is 2.02. The first-order chi connectivity index (χ1) is 6.67. The SMILES string of the molecule is CNC(=S)Nc1cc(C)ccc1OC. The number of aryl methyl sites for hydroxylation is 1. The molecule has 1 aromatic rings. The van der Waals surface area contributed by atoms with Crippen LogP contribution in [0.3, 0.4) is 0 Å². The van der Waals surface area contributed by atoms with Crippen molar-refractivity contribution in [3.05, 3.63) is 23.8 Å². The quantitative estimate of drug-likeness (QED) is 0.731. The van der Waals surface area contributed by atoms with Crippen LogP contribution in [0.25, 0.3) is 0 Å². The molecule has 1 aromatic carbocycles. The summed E-state index contributed by atoms with van der Waals surface area (Å²) in [6.07, 6.45) is 0. The Kier molecular flexibility index (Phi) is 3.71. The van der Waals surface area contributed by atoms with Crippen molar-refractivity contribution in [2.24, 2.45) is 0 Å². The average molecular weight is 210 g/mol. The molecular formula is C10H14N2OS. The number of rotatable bonds is 2. The van der Waals surface area contributed by atoms with Crippen molar-refractivity contribution < 1.29 is 4.74 Å². The second-order valence-corrected chi connectivity index (χ2v) is 3.32. The molecule has 76 valence electrons. The van der Waals surface area contributed by atoms with E-state index in [1.165, 1.54) is 0 Å². The van der Waals surface area contributed by atoms with Crippen LogP contribution in [-0.4, -0.2) is 19.3 Å². The van der Waals surface area contributed by atoms with Gasteiger partial charge in [0.2, 0.25) is 0 Å². The molecule has 0 aromatic heterocycles. The van der Waals surface area contributed by atoms with E-state index in [0.717, 1.165) is 17.0 Å². The molecule has 1 rings (SSSR count). The van der Waals surface area contributed by atoms with Gasteiger partial charge in [0.1, 0.15) is 5.75 Å². The van der Waals surface area contributed by atoms with Crippen LogP contribution in [0.15, 0.2) is 18.2 Å². The highest BCUT2D eigenvalue weighted by molar-refractivity contribution is 7.80. The third-order valence-electron chi connectivity index (χ3n) is 1.83. The summed E-state index contributed by atoms with van der Waals surface area (Å²) in [4.78, 5) is 0. The Morgan fingerprint density at radius 3 is 2.71 bits per heavy atom. The summed E-state index contributed by atoms with van der Waals surface area (Å²) in [5.41, 5.74) is 2.04. The Balaban J connectivity index is 2.93. The van der Waals surface area contributed by atoms with Crippen LogP contribution in [0, 0.1) is 6.92 Å². The molecule has 2 N–H and O–H groups in total. The molecule has 0 atom stereocenters. The van der Waals surface area contributed by atoms with Gasteiger partial charge < -0.3 is 15.4 Å². The van der Waals surface area contributed by atoms with E-state index < -0.39 is 0 Å². The molecule has 0 saturated carbocycles. The van der Waals surface area contributed by atoms with Gasteiger partial charge in [0.05, 0.1) is 12.8 Å². The first-order valence-electron chi connectivity index (χ1n) is 4.30. The normalized spacial score (nSPS) is 9.36. The Hall–Kier alpha value is -1.29. The van der Waals surface area contributed by atoms with Crippen LogP contribution in [0.1, 0.15) is 5.56 Å². The lowest BCUT2D eigenvalue weighted by Crippen LogP contribution is -2.24. The number of thiocarbonyl (C=S) groups is 1. The number of nitrogens with one attached hydrogen (secondary N) is 2. The molecule has 0 unspecified atom stereocenters. The van der Waals surface area contributed by atoms with Crippen molar-refractivity contribution in [3.8, 4) is 5.75 Å². The molecule has 0 aliphatic rings. The number of anilines is 1. The number of hydrogen-bond acceptors (Lipinski definition) is 2. The Bertz CT molecular complexity index is 339. The van der Waals surface area contributed by atoms with Crippen LogP contribution >= 0.6 is 12.2 Å². The molecule has 0 bridgehead atoms. The van der Waals surface area contributed by atoms with Crippen molar-refractivity contribution in [1.82, 2.24) is 5.32 Å². The smallest absolute Gasteiger partial charge is 0.170 e. The van der Waals surface area contributed by atoms with Gasteiger partial charge in [0, 0.05) is 7.05 Å². The molecule has 3 nitrogen and oxygen atoms in total. The van der Waals surface area contributed by atoms with Crippen molar-refractivity contribution in [1.29, 1.82) is 0 Å². The predicted octanol–water partition coefficient (Wildman–Crippen LogP) is 1.92. The standard InChI is InChI=1S/C10H14N2OS/c1-7-4-5-9(13-3)8(6-7)12-10(14)11-2/h4-6H,1-3H3,(H2,11,12,14). The van der Waals surface area contributed by atoms with Gasteiger partial charge in [0.15, 0.2) is 5.11 Å². The van der Waals surface area contributed by atoms with Gasteiger partial charge in [-0.2, -0.15) is 0 Å². The number of methoxy groups -OCH3 is 1. The van der Waals surface area contributed by atoms with E-state index in [1.54, 1.807) is 14.2 Å². The summed E-state index contributed by atoms with van der Waals surface area (Å²) in [5.74, 6) is 0.785. The highest BCUT2D eigenvalue weighted by Gasteiger charge is 2.03. The van der Waals surface area contributed by atoms with Gasteiger partial charge in [-0.15, -0.1) is 0 Å². The molecule has 0 aliphatic heterocycles. The Morgan fingerprint density at radius 2 is 2.14 bits per heavy atom. The van der Waals surface area contributed by atoms with Crippen LogP contribution in [0.5, 0.6) is 5.75 Å². The molecule has 0 aliphatic carbocycles. The van der Waals surface area contributed by atoms with Gasteiger partial charge in [-0.25, -0.2) is 0 Å². The molecule has 0 fully saturated rings. The summed E-state index contributed by atoms with van der Waals surface area (Å²) in [5, 5.41) is 6.47. The van der Waals surface area contributed by atoms with E-state index >= 15 is 0 Å². The van der Waals surface area contributed by atoms with Gasteiger partial charge in [-0.3, -0.25) is 0 Å². The molecule has 0 radical (unpaired) electrons.